The minimum atomic E-state index is -0.524. The second-order valence-electron chi connectivity index (χ2n) is 6.32. The molecule has 0 aliphatic carbocycles. The Bertz CT molecular complexity index is 961. The number of anilines is 1. The maximum Gasteiger partial charge on any atom is 0.255 e. The largest absolute Gasteiger partial charge is 0.490 e. The highest BCUT2D eigenvalue weighted by molar-refractivity contribution is 6.04. The molecule has 0 fully saturated rings. The van der Waals surface area contributed by atoms with E-state index in [2.05, 4.69) is 15.4 Å². The Kier molecular flexibility index (Phi) is 6.78. The smallest absolute Gasteiger partial charge is 0.255 e. The van der Waals surface area contributed by atoms with Gasteiger partial charge in [0.25, 0.3) is 5.91 Å². The standard InChI is InChI=1S/C21H23FN4O3/c1-3-9-28-19-8-5-15(11-20(19)29-10-4-2)21(27)25-16-6-7-18(17(22)12-16)26-14-23-13-24-26/h5-8,11-14H,3-4,9-10H2,1-2H3,(H,25,27). The van der Waals surface area contributed by atoms with Gasteiger partial charge in [0, 0.05) is 11.3 Å². The van der Waals surface area contributed by atoms with Gasteiger partial charge in [-0.15, -0.1) is 0 Å². The Morgan fingerprint density at radius 2 is 1.83 bits per heavy atom. The first kappa shape index (κ1) is 20.3. The highest BCUT2D eigenvalue weighted by atomic mass is 19.1. The number of benzene rings is 2. The van der Waals surface area contributed by atoms with Crippen LogP contribution in [0.5, 0.6) is 11.5 Å². The third kappa shape index (κ3) is 5.10. The van der Waals surface area contributed by atoms with E-state index in [1.54, 1.807) is 24.3 Å². The number of carbonyl (C=O) groups excluding carboxylic acids is 1. The lowest BCUT2D eigenvalue weighted by Gasteiger charge is -2.14. The van der Waals surface area contributed by atoms with Crippen molar-refractivity contribution in [3.8, 4) is 17.2 Å². The highest BCUT2D eigenvalue weighted by Crippen LogP contribution is 2.29. The fourth-order valence-electron chi connectivity index (χ4n) is 2.61. The predicted octanol–water partition coefficient (Wildman–Crippen LogP) is 4.24. The molecule has 8 heteroatoms. The van der Waals surface area contributed by atoms with Gasteiger partial charge in [0.2, 0.25) is 0 Å². The van der Waals surface area contributed by atoms with Gasteiger partial charge >= 0.3 is 0 Å². The highest BCUT2D eigenvalue weighted by Gasteiger charge is 2.14. The Morgan fingerprint density at radius 3 is 2.48 bits per heavy atom. The zero-order valence-electron chi connectivity index (χ0n) is 16.4. The molecule has 0 aliphatic rings. The van der Waals surface area contributed by atoms with Crippen molar-refractivity contribution in [2.75, 3.05) is 18.5 Å². The van der Waals surface area contributed by atoms with Gasteiger partial charge in [0.05, 0.1) is 13.2 Å². The summed E-state index contributed by atoms with van der Waals surface area (Å²) in [7, 11) is 0. The first-order valence-corrected chi connectivity index (χ1v) is 9.48. The summed E-state index contributed by atoms with van der Waals surface area (Å²) in [6.45, 7) is 5.09. The molecule has 0 saturated heterocycles. The van der Waals surface area contributed by atoms with Crippen molar-refractivity contribution in [1.29, 1.82) is 0 Å². The quantitative estimate of drug-likeness (QED) is 0.583. The third-order valence-electron chi connectivity index (χ3n) is 4.00. The molecule has 3 rings (SSSR count). The number of nitrogens with one attached hydrogen (secondary N) is 1. The van der Waals surface area contributed by atoms with E-state index in [1.807, 2.05) is 13.8 Å². The van der Waals surface area contributed by atoms with Crippen molar-refractivity contribution in [3.63, 3.8) is 0 Å². The van der Waals surface area contributed by atoms with Crippen molar-refractivity contribution in [2.45, 2.75) is 26.7 Å². The molecule has 1 aromatic heterocycles. The average molecular weight is 398 g/mol. The molecule has 0 atom stereocenters. The fourth-order valence-corrected chi connectivity index (χ4v) is 2.61. The molecule has 29 heavy (non-hydrogen) atoms. The number of ether oxygens (including phenoxy) is 2. The van der Waals surface area contributed by atoms with Crippen LogP contribution < -0.4 is 14.8 Å². The molecule has 3 aromatic rings. The van der Waals surface area contributed by atoms with Gasteiger partial charge < -0.3 is 14.8 Å². The molecule has 0 radical (unpaired) electrons. The number of carbonyl (C=O) groups is 1. The third-order valence-corrected chi connectivity index (χ3v) is 4.00. The molecule has 0 unspecified atom stereocenters. The molecule has 1 N–H and O–H groups in total. The summed E-state index contributed by atoms with van der Waals surface area (Å²) in [5, 5.41) is 6.60. The summed E-state index contributed by atoms with van der Waals surface area (Å²) >= 11 is 0. The number of nitrogens with zero attached hydrogens (tertiary/aromatic N) is 3. The van der Waals surface area contributed by atoms with Crippen LogP contribution in [0.3, 0.4) is 0 Å². The molecule has 1 heterocycles. The molecule has 0 bridgehead atoms. The number of hydrogen-bond acceptors (Lipinski definition) is 5. The van der Waals surface area contributed by atoms with E-state index in [1.165, 1.54) is 29.5 Å². The summed E-state index contributed by atoms with van der Waals surface area (Å²) in [6.07, 6.45) is 4.42. The number of amides is 1. The van der Waals surface area contributed by atoms with E-state index in [-0.39, 0.29) is 11.6 Å². The second-order valence-corrected chi connectivity index (χ2v) is 6.32. The first-order valence-electron chi connectivity index (χ1n) is 9.48. The van der Waals surface area contributed by atoms with E-state index in [9.17, 15) is 9.18 Å². The van der Waals surface area contributed by atoms with E-state index >= 15 is 0 Å². The van der Waals surface area contributed by atoms with Crippen molar-refractivity contribution in [3.05, 3.63) is 60.4 Å². The Hall–Kier alpha value is -3.42. The van der Waals surface area contributed by atoms with Crippen LogP contribution in [0.4, 0.5) is 10.1 Å². The van der Waals surface area contributed by atoms with E-state index in [4.69, 9.17) is 9.47 Å². The topological polar surface area (TPSA) is 78.3 Å². The van der Waals surface area contributed by atoms with Gasteiger partial charge in [-0.25, -0.2) is 14.1 Å². The first-order chi connectivity index (χ1) is 14.1. The van der Waals surface area contributed by atoms with Crippen LogP contribution in [0.25, 0.3) is 5.69 Å². The molecule has 0 spiro atoms. The lowest BCUT2D eigenvalue weighted by Crippen LogP contribution is -2.13. The number of hydrogen-bond donors (Lipinski definition) is 1. The molecule has 152 valence electrons. The van der Waals surface area contributed by atoms with Gasteiger partial charge in [-0.05, 0) is 49.2 Å². The van der Waals surface area contributed by atoms with Crippen molar-refractivity contribution in [1.82, 2.24) is 14.8 Å². The number of aromatic nitrogens is 3. The van der Waals surface area contributed by atoms with Crippen molar-refractivity contribution < 1.29 is 18.7 Å². The molecule has 1 amide bonds. The normalized spacial score (nSPS) is 10.6. The molecular weight excluding hydrogens is 375 g/mol. The van der Waals surface area contributed by atoms with Crippen LogP contribution in [0.1, 0.15) is 37.0 Å². The molecule has 0 saturated carbocycles. The van der Waals surface area contributed by atoms with Crippen molar-refractivity contribution >= 4 is 11.6 Å². The van der Waals surface area contributed by atoms with E-state index in [0.29, 0.717) is 36.0 Å². The predicted molar refractivity (Wildman–Crippen MR) is 107 cm³/mol. The monoisotopic (exact) mass is 398 g/mol. The van der Waals surface area contributed by atoms with Crippen LogP contribution in [-0.2, 0) is 0 Å². The van der Waals surface area contributed by atoms with Gasteiger partial charge in [-0.3, -0.25) is 4.79 Å². The average Bonchev–Trinajstić information content (AvgIpc) is 3.25. The lowest BCUT2D eigenvalue weighted by atomic mass is 10.1. The van der Waals surface area contributed by atoms with Gasteiger partial charge in [0.15, 0.2) is 17.3 Å². The molecule has 2 aromatic carbocycles. The number of rotatable bonds is 9. The summed E-state index contributed by atoms with van der Waals surface area (Å²) < 4.78 is 27.1. The lowest BCUT2D eigenvalue weighted by molar-refractivity contribution is 0.102. The zero-order valence-corrected chi connectivity index (χ0v) is 16.4. The van der Waals surface area contributed by atoms with Crippen LogP contribution >= 0.6 is 0 Å². The van der Waals surface area contributed by atoms with E-state index < -0.39 is 5.82 Å². The molecule has 7 nitrogen and oxygen atoms in total. The second kappa shape index (κ2) is 9.68. The Balaban J connectivity index is 1.76. The summed E-state index contributed by atoms with van der Waals surface area (Å²) in [5.41, 5.74) is 0.965. The SMILES string of the molecule is CCCOc1ccc(C(=O)Nc2ccc(-n3cncn3)c(F)c2)cc1OCCC. The van der Waals surface area contributed by atoms with Crippen LogP contribution in [-0.4, -0.2) is 33.9 Å². The summed E-state index contributed by atoms with van der Waals surface area (Å²) in [6, 6.07) is 9.36. The van der Waals surface area contributed by atoms with Gasteiger partial charge in [-0.2, -0.15) is 5.10 Å². The van der Waals surface area contributed by atoms with Gasteiger partial charge in [0.1, 0.15) is 18.3 Å². The maximum absolute atomic E-state index is 14.4. The van der Waals surface area contributed by atoms with Crippen LogP contribution in [0.15, 0.2) is 49.1 Å². The number of halogens is 1. The summed E-state index contributed by atoms with van der Waals surface area (Å²) in [4.78, 5) is 16.4. The van der Waals surface area contributed by atoms with Crippen LogP contribution in [0.2, 0.25) is 0 Å². The minimum absolute atomic E-state index is 0.244. The zero-order chi connectivity index (χ0) is 20.6. The van der Waals surface area contributed by atoms with Crippen molar-refractivity contribution in [2.24, 2.45) is 0 Å². The maximum atomic E-state index is 14.4. The Labute approximate surface area is 168 Å². The van der Waals surface area contributed by atoms with E-state index in [0.717, 1.165) is 12.8 Å². The van der Waals surface area contributed by atoms with Gasteiger partial charge in [-0.1, -0.05) is 13.8 Å². The summed E-state index contributed by atoms with van der Waals surface area (Å²) in [5.74, 6) is 0.214. The Morgan fingerprint density at radius 1 is 1.07 bits per heavy atom. The minimum Gasteiger partial charge on any atom is -0.490 e. The van der Waals surface area contributed by atoms with Crippen LogP contribution in [0, 0.1) is 5.82 Å². The fraction of sp³-hybridized carbons (Fsp3) is 0.286. The molecule has 0 aliphatic heterocycles. The molecular formula is C21H23FN4O3.